The van der Waals surface area contributed by atoms with E-state index in [1.165, 1.54) is 0 Å². The molecule has 0 aliphatic carbocycles. The van der Waals surface area contributed by atoms with Gasteiger partial charge in [0.25, 0.3) is 0 Å². The van der Waals surface area contributed by atoms with Crippen LogP contribution in [0.5, 0.6) is 5.75 Å². The number of phenols is 1. The molecular weight excluding hydrogens is 224 g/mol. The standard InChI is InChI=1S/C12H14O3S/c13-9-3-1-8(2-4-9)11-7-16-6-5-10(11)12(14)15/h1-4,10-11,13H,5-7H2,(H,14,15). The highest BCUT2D eigenvalue weighted by molar-refractivity contribution is 7.99. The van der Waals surface area contributed by atoms with Crippen LogP contribution < -0.4 is 0 Å². The summed E-state index contributed by atoms with van der Waals surface area (Å²) in [5.74, 6) is 1.06. The molecule has 0 spiro atoms. The van der Waals surface area contributed by atoms with Gasteiger partial charge in [-0.15, -0.1) is 0 Å². The Kier molecular flexibility index (Phi) is 3.39. The number of hydrogen-bond donors (Lipinski definition) is 2. The quantitative estimate of drug-likeness (QED) is 0.830. The normalized spacial score (nSPS) is 25.2. The summed E-state index contributed by atoms with van der Waals surface area (Å²) in [7, 11) is 0. The largest absolute Gasteiger partial charge is 0.508 e. The Labute approximate surface area is 98.5 Å². The molecule has 1 aliphatic rings. The van der Waals surface area contributed by atoms with E-state index in [2.05, 4.69) is 0 Å². The fourth-order valence-corrected chi connectivity index (χ4v) is 3.35. The molecule has 0 aromatic heterocycles. The van der Waals surface area contributed by atoms with Gasteiger partial charge in [-0.1, -0.05) is 12.1 Å². The van der Waals surface area contributed by atoms with Gasteiger partial charge in [-0.3, -0.25) is 4.79 Å². The van der Waals surface area contributed by atoms with Gasteiger partial charge in [0.1, 0.15) is 5.75 Å². The van der Waals surface area contributed by atoms with Gasteiger partial charge in [0, 0.05) is 11.7 Å². The third-order valence-corrected chi connectivity index (χ3v) is 4.11. The Morgan fingerprint density at radius 2 is 2.00 bits per heavy atom. The molecule has 3 nitrogen and oxygen atoms in total. The molecule has 1 aromatic rings. The molecule has 1 heterocycles. The summed E-state index contributed by atoms with van der Waals surface area (Å²) < 4.78 is 0. The highest BCUT2D eigenvalue weighted by atomic mass is 32.2. The number of aliphatic carboxylic acids is 1. The van der Waals surface area contributed by atoms with Gasteiger partial charge in [-0.25, -0.2) is 0 Å². The number of thioether (sulfide) groups is 1. The molecule has 0 radical (unpaired) electrons. The Balaban J connectivity index is 2.23. The summed E-state index contributed by atoms with van der Waals surface area (Å²) in [4.78, 5) is 11.1. The Hall–Kier alpha value is -1.16. The minimum atomic E-state index is -0.710. The fraction of sp³-hybridized carbons (Fsp3) is 0.417. The summed E-state index contributed by atoms with van der Waals surface area (Å²) in [6.45, 7) is 0. The van der Waals surface area contributed by atoms with E-state index in [9.17, 15) is 9.90 Å². The molecule has 1 saturated heterocycles. The molecule has 0 bridgehead atoms. The monoisotopic (exact) mass is 238 g/mol. The van der Waals surface area contributed by atoms with Crippen molar-refractivity contribution in [2.24, 2.45) is 5.92 Å². The van der Waals surface area contributed by atoms with Crippen molar-refractivity contribution in [3.63, 3.8) is 0 Å². The molecule has 1 fully saturated rings. The lowest BCUT2D eigenvalue weighted by molar-refractivity contribution is -0.142. The number of aromatic hydroxyl groups is 1. The van der Waals surface area contributed by atoms with E-state index in [-0.39, 0.29) is 17.6 Å². The number of carboxylic acids is 1. The van der Waals surface area contributed by atoms with Crippen LogP contribution in [0.3, 0.4) is 0 Å². The molecule has 1 aromatic carbocycles. The zero-order chi connectivity index (χ0) is 11.5. The first-order valence-electron chi connectivity index (χ1n) is 5.28. The van der Waals surface area contributed by atoms with E-state index < -0.39 is 5.97 Å². The van der Waals surface area contributed by atoms with Crippen molar-refractivity contribution in [3.05, 3.63) is 29.8 Å². The second kappa shape index (κ2) is 4.78. The molecule has 2 atom stereocenters. The second-order valence-electron chi connectivity index (χ2n) is 4.01. The van der Waals surface area contributed by atoms with Crippen molar-refractivity contribution in [1.82, 2.24) is 0 Å². The van der Waals surface area contributed by atoms with Crippen molar-refractivity contribution in [3.8, 4) is 5.75 Å². The van der Waals surface area contributed by atoms with E-state index in [0.717, 1.165) is 23.5 Å². The van der Waals surface area contributed by atoms with E-state index in [1.807, 2.05) is 12.1 Å². The van der Waals surface area contributed by atoms with Crippen LogP contribution in [0.4, 0.5) is 0 Å². The molecule has 86 valence electrons. The summed E-state index contributed by atoms with van der Waals surface area (Å²) in [6, 6.07) is 6.88. The predicted molar refractivity (Wildman–Crippen MR) is 63.9 cm³/mol. The van der Waals surface area contributed by atoms with Crippen molar-refractivity contribution >= 4 is 17.7 Å². The summed E-state index contributed by atoms with van der Waals surface area (Å²) in [6.07, 6.45) is 0.728. The van der Waals surface area contributed by atoms with Gasteiger partial charge in [0.2, 0.25) is 0 Å². The minimum Gasteiger partial charge on any atom is -0.508 e. The zero-order valence-corrected chi connectivity index (χ0v) is 9.61. The summed E-state index contributed by atoms with van der Waals surface area (Å²) in [5.41, 5.74) is 1.01. The molecule has 1 aliphatic heterocycles. The first kappa shape index (κ1) is 11.3. The number of hydrogen-bond acceptors (Lipinski definition) is 3. The average Bonchev–Trinajstić information content (AvgIpc) is 2.30. The smallest absolute Gasteiger partial charge is 0.307 e. The lowest BCUT2D eigenvalue weighted by Gasteiger charge is -2.28. The molecule has 16 heavy (non-hydrogen) atoms. The van der Waals surface area contributed by atoms with E-state index >= 15 is 0 Å². The van der Waals surface area contributed by atoms with E-state index in [1.54, 1.807) is 23.9 Å². The van der Waals surface area contributed by atoms with Crippen LogP contribution in [0, 0.1) is 5.92 Å². The van der Waals surface area contributed by atoms with Crippen molar-refractivity contribution in [1.29, 1.82) is 0 Å². The van der Waals surface area contributed by atoms with Crippen LogP contribution >= 0.6 is 11.8 Å². The minimum absolute atomic E-state index is 0.0665. The number of phenolic OH excluding ortho intramolecular Hbond substituents is 1. The van der Waals surface area contributed by atoms with Crippen molar-refractivity contribution in [2.45, 2.75) is 12.3 Å². The highest BCUT2D eigenvalue weighted by Crippen LogP contribution is 2.36. The SMILES string of the molecule is O=C(O)C1CCSCC1c1ccc(O)cc1. The van der Waals surface area contributed by atoms with Gasteiger partial charge >= 0.3 is 5.97 Å². The second-order valence-corrected chi connectivity index (χ2v) is 5.16. The number of carbonyl (C=O) groups is 1. The van der Waals surface area contributed by atoms with Crippen LogP contribution in [-0.4, -0.2) is 27.7 Å². The zero-order valence-electron chi connectivity index (χ0n) is 8.80. The van der Waals surface area contributed by atoms with Crippen LogP contribution in [0.1, 0.15) is 17.9 Å². The van der Waals surface area contributed by atoms with E-state index in [4.69, 9.17) is 5.11 Å². The molecule has 0 amide bonds. The van der Waals surface area contributed by atoms with Gasteiger partial charge in [-0.05, 0) is 29.9 Å². The molecule has 4 heteroatoms. The van der Waals surface area contributed by atoms with Gasteiger partial charge in [-0.2, -0.15) is 11.8 Å². The Morgan fingerprint density at radius 3 is 2.62 bits per heavy atom. The first-order chi connectivity index (χ1) is 7.68. The van der Waals surface area contributed by atoms with Gasteiger partial charge < -0.3 is 10.2 Å². The van der Waals surface area contributed by atoms with E-state index in [0.29, 0.717) is 0 Å². The number of benzene rings is 1. The first-order valence-corrected chi connectivity index (χ1v) is 6.43. The maximum atomic E-state index is 11.1. The third kappa shape index (κ3) is 2.32. The Bertz CT molecular complexity index is 374. The Morgan fingerprint density at radius 1 is 1.31 bits per heavy atom. The molecular formula is C12H14O3S. The predicted octanol–water partition coefficient (Wildman–Crippen LogP) is 2.31. The lowest BCUT2D eigenvalue weighted by atomic mass is 9.85. The molecule has 2 unspecified atom stereocenters. The summed E-state index contributed by atoms with van der Waals surface area (Å²) in [5, 5.41) is 18.4. The van der Waals surface area contributed by atoms with Crippen LogP contribution in [0.15, 0.2) is 24.3 Å². The number of rotatable bonds is 2. The molecule has 2 rings (SSSR count). The topological polar surface area (TPSA) is 57.5 Å². The maximum absolute atomic E-state index is 11.1. The summed E-state index contributed by atoms with van der Waals surface area (Å²) >= 11 is 1.80. The van der Waals surface area contributed by atoms with Gasteiger partial charge in [0.15, 0.2) is 0 Å². The third-order valence-electron chi connectivity index (χ3n) is 2.99. The van der Waals surface area contributed by atoms with Crippen LogP contribution in [-0.2, 0) is 4.79 Å². The van der Waals surface area contributed by atoms with Crippen molar-refractivity contribution in [2.75, 3.05) is 11.5 Å². The van der Waals surface area contributed by atoms with Crippen LogP contribution in [0.25, 0.3) is 0 Å². The lowest BCUT2D eigenvalue weighted by Crippen LogP contribution is -2.27. The molecule has 0 saturated carbocycles. The van der Waals surface area contributed by atoms with Crippen molar-refractivity contribution < 1.29 is 15.0 Å². The average molecular weight is 238 g/mol. The highest BCUT2D eigenvalue weighted by Gasteiger charge is 2.32. The maximum Gasteiger partial charge on any atom is 0.307 e. The molecule has 2 N–H and O–H groups in total. The number of carboxylic acid groups (broad SMARTS) is 1. The van der Waals surface area contributed by atoms with Gasteiger partial charge in [0.05, 0.1) is 5.92 Å². The van der Waals surface area contributed by atoms with Crippen LogP contribution in [0.2, 0.25) is 0 Å². The fourth-order valence-electron chi connectivity index (χ4n) is 2.08.